The predicted molar refractivity (Wildman–Crippen MR) is 86.7 cm³/mol. The highest BCUT2D eigenvalue weighted by Crippen LogP contribution is 2.19. The highest BCUT2D eigenvalue weighted by atomic mass is 16.5. The standard InChI is InChI=1S/C18H21NO3/c1-3-14(4-2)19-17(20)12-22-18(21)16-11-7-9-13-8-5-6-10-15(13)16/h5-11,14H,3-4,12H2,1-2H3,(H,19,20). The van der Waals surface area contributed by atoms with Gasteiger partial charge in [-0.1, -0.05) is 50.2 Å². The lowest BCUT2D eigenvalue weighted by Crippen LogP contribution is -2.36. The molecule has 0 aliphatic carbocycles. The van der Waals surface area contributed by atoms with Crippen LogP contribution in [0, 0.1) is 0 Å². The van der Waals surface area contributed by atoms with Crippen molar-refractivity contribution in [1.29, 1.82) is 0 Å². The van der Waals surface area contributed by atoms with Crippen LogP contribution in [0.2, 0.25) is 0 Å². The molecule has 0 fully saturated rings. The van der Waals surface area contributed by atoms with Crippen molar-refractivity contribution < 1.29 is 14.3 Å². The Labute approximate surface area is 130 Å². The van der Waals surface area contributed by atoms with Crippen LogP contribution >= 0.6 is 0 Å². The summed E-state index contributed by atoms with van der Waals surface area (Å²) in [6.07, 6.45) is 1.72. The molecule has 22 heavy (non-hydrogen) atoms. The number of amides is 1. The Hall–Kier alpha value is -2.36. The smallest absolute Gasteiger partial charge is 0.339 e. The Morgan fingerprint density at radius 1 is 1.05 bits per heavy atom. The summed E-state index contributed by atoms with van der Waals surface area (Å²) in [5, 5.41) is 4.64. The molecule has 2 aromatic rings. The van der Waals surface area contributed by atoms with Gasteiger partial charge in [-0.3, -0.25) is 4.79 Å². The number of ether oxygens (including phenoxy) is 1. The number of benzene rings is 2. The fraction of sp³-hybridized carbons (Fsp3) is 0.333. The molecule has 4 heteroatoms. The Kier molecular flexibility index (Phi) is 5.53. The Morgan fingerprint density at radius 3 is 2.45 bits per heavy atom. The van der Waals surface area contributed by atoms with Crippen LogP contribution in [-0.2, 0) is 9.53 Å². The number of carbonyl (C=O) groups is 2. The van der Waals surface area contributed by atoms with E-state index in [9.17, 15) is 9.59 Å². The third-order valence-corrected chi connectivity index (χ3v) is 3.69. The monoisotopic (exact) mass is 299 g/mol. The number of carbonyl (C=O) groups excluding carboxylic acids is 2. The van der Waals surface area contributed by atoms with Crippen LogP contribution in [0.15, 0.2) is 42.5 Å². The summed E-state index contributed by atoms with van der Waals surface area (Å²) in [6.45, 7) is 3.77. The van der Waals surface area contributed by atoms with Gasteiger partial charge in [0.25, 0.3) is 5.91 Å². The second-order valence-corrected chi connectivity index (χ2v) is 5.18. The average molecular weight is 299 g/mol. The van der Waals surface area contributed by atoms with Crippen molar-refractivity contribution in [3.8, 4) is 0 Å². The third-order valence-electron chi connectivity index (χ3n) is 3.69. The number of hydrogen-bond donors (Lipinski definition) is 1. The molecule has 0 unspecified atom stereocenters. The summed E-state index contributed by atoms with van der Waals surface area (Å²) in [6, 6.07) is 13.2. The minimum absolute atomic E-state index is 0.128. The molecular formula is C18H21NO3. The molecule has 1 N–H and O–H groups in total. The third kappa shape index (κ3) is 3.85. The number of rotatable bonds is 6. The first-order valence-electron chi connectivity index (χ1n) is 7.60. The molecule has 0 atom stereocenters. The Bertz CT molecular complexity index is 657. The van der Waals surface area contributed by atoms with Gasteiger partial charge in [0.15, 0.2) is 6.61 Å². The van der Waals surface area contributed by atoms with Gasteiger partial charge >= 0.3 is 5.97 Å². The summed E-state index contributed by atoms with van der Waals surface area (Å²) >= 11 is 0. The van der Waals surface area contributed by atoms with E-state index in [1.54, 1.807) is 6.07 Å². The van der Waals surface area contributed by atoms with Gasteiger partial charge < -0.3 is 10.1 Å². The summed E-state index contributed by atoms with van der Waals surface area (Å²) in [5.74, 6) is -0.737. The van der Waals surface area contributed by atoms with Crippen molar-refractivity contribution in [1.82, 2.24) is 5.32 Å². The highest BCUT2D eigenvalue weighted by Gasteiger charge is 2.14. The van der Waals surface area contributed by atoms with Gasteiger partial charge in [0.1, 0.15) is 0 Å². The fourth-order valence-electron chi connectivity index (χ4n) is 2.37. The van der Waals surface area contributed by atoms with Gasteiger partial charge in [-0.15, -0.1) is 0 Å². The lowest BCUT2D eigenvalue weighted by molar-refractivity contribution is -0.125. The SMILES string of the molecule is CCC(CC)NC(=O)COC(=O)c1cccc2ccccc12. The first-order valence-corrected chi connectivity index (χ1v) is 7.60. The normalized spacial score (nSPS) is 10.7. The van der Waals surface area contributed by atoms with Crippen molar-refractivity contribution in [2.24, 2.45) is 0 Å². The number of nitrogens with one attached hydrogen (secondary N) is 1. The Balaban J connectivity index is 2.01. The lowest BCUT2D eigenvalue weighted by Gasteiger charge is -2.14. The van der Waals surface area contributed by atoms with Crippen molar-refractivity contribution in [2.75, 3.05) is 6.61 Å². The van der Waals surface area contributed by atoms with Crippen LogP contribution in [0.1, 0.15) is 37.0 Å². The second-order valence-electron chi connectivity index (χ2n) is 5.18. The quantitative estimate of drug-likeness (QED) is 0.833. The molecule has 0 spiro atoms. The van der Waals surface area contributed by atoms with Crippen molar-refractivity contribution in [2.45, 2.75) is 32.7 Å². The summed E-state index contributed by atoms with van der Waals surface area (Å²) in [4.78, 5) is 24.0. The van der Waals surface area contributed by atoms with E-state index in [4.69, 9.17) is 4.74 Å². The molecule has 0 bridgehead atoms. The van der Waals surface area contributed by atoms with E-state index in [0.29, 0.717) is 5.56 Å². The van der Waals surface area contributed by atoms with Gasteiger partial charge in [0.2, 0.25) is 0 Å². The van der Waals surface area contributed by atoms with E-state index < -0.39 is 5.97 Å². The zero-order chi connectivity index (χ0) is 15.9. The van der Waals surface area contributed by atoms with Crippen LogP contribution in [-0.4, -0.2) is 24.5 Å². The topological polar surface area (TPSA) is 55.4 Å². The predicted octanol–water partition coefficient (Wildman–Crippen LogP) is 3.30. The number of esters is 1. The average Bonchev–Trinajstić information content (AvgIpc) is 2.57. The summed E-state index contributed by atoms with van der Waals surface area (Å²) < 4.78 is 5.14. The summed E-state index contributed by atoms with van der Waals surface area (Å²) in [7, 11) is 0. The highest BCUT2D eigenvalue weighted by molar-refractivity contribution is 6.04. The fourth-order valence-corrected chi connectivity index (χ4v) is 2.37. The van der Waals surface area contributed by atoms with Crippen LogP contribution < -0.4 is 5.32 Å². The molecule has 0 aromatic heterocycles. The molecule has 0 aliphatic rings. The van der Waals surface area contributed by atoms with E-state index in [0.717, 1.165) is 23.6 Å². The van der Waals surface area contributed by atoms with Gasteiger partial charge in [0.05, 0.1) is 5.56 Å². The van der Waals surface area contributed by atoms with E-state index in [-0.39, 0.29) is 18.6 Å². The van der Waals surface area contributed by atoms with E-state index in [1.165, 1.54) is 0 Å². The Morgan fingerprint density at radius 2 is 1.73 bits per heavy atom. The van der Waals surface area contributed by atoms with Crippen LogP contribution in [0.3, 0.4) is 0 Å². The zero-order valence-electron chi connectivity index (χ0n) is 13.0. The van der Waals surface area contributed by atoms with Crippen molar-refractivity contribution >= 4 is 22.6 Å². The minimum Gasteiger partial charge on any atom is -0.452 e. The maximum atomic E-state index is 12.2. The summed E-state index contributed by atoms with van der Waals surface area (Å²) in [5.41, 5.74) is 0.480. The number of fused-ring (bicyclic) bond motifs is 1. The molecule has 116 valence electrons. The maximum Gasteiger partial charge on any atom is 0.339 e. The molecule has 0 radical (unpaired) electrons. The van der Waals surface area contributed by atoms with E-state index in [2.05, 4.69) is 5.32 Å². The maximum absolute atomic E-state index is 12.2. The van der Waals surface area contributed by atoms with E-state index in [1.807, 2.05) is 50.2 Å². The van der Waals surface area contributed by atoms with Crippen LogP contribution in [0.25, 0.3) is 10.8 Å². The van der Waals surface area contributed by atoms with Gasteiger partial charge in [-0.25, -0.2) is 4.79 Å². The molecule has 4 nitrogen and oxygen atoms in total. The van der Waals surface area contributed by atoms with Crippen molar-refractivity contribution in [3.05, 3.63) is 48.0 Å². The molecular weight excluding hydrogens is 278 g/mol. The zero-order valence-corrected chi connectivity index (χ0v) is 13.0. The second kappa shape index (κ2) is 7.59. The first-order chi connectivity index (χ1) is 10.7. The van der Waals surface area contributed by atoms with Crippen LogP contribution in [0.4, 0.5) is 0 Å². The molecule has 0 saturated heterocycles. The lowest BCUT2D eigenvalue weighted by atomic mass is 10.1. The minimum atomic E-state index is -0.475. The molecule has 0 heterocycles. The molecule has 0 saturated carbocycles. The van der Waals surface area contributed by atoms with Gasteiger partial charge in [-0.2, -0.15) is 0 Å². The first kappa shape index (κ1) is 16.0. The largest absolute Gasteiger partial charge is 0.452 e. The number of hydrogen-bond acceptors (Lipinski definition) is 3. The molecule has 1 amide bonds. The molecule has 2 aromatic carbocycles. The van der Waals surface area contributed by atoms with E-state index >= 15 is 0 Å². The van der Waals surface area contributed by atoms with Gasteiger partial charge in [0, 0.05) is 6.04 Å². The molecule has 0 aliphatic heterocycles. The van der Waals surface area contributed by atoms with Gasteiger partial charge in [-0.05, 0) is 29.7 Å². The van der Waals surface area contributed by atoms with Crippen molar-refractivity contribution in [3.63, 3.8) is 0 Å². The molecule has 2 rings (SSSR count). The van der Waals surface area contributed by atoms with Crippen LogP contribution in [0.5, 0.6) is 0 Å².